The van der Waals surface area contributed by atoms with Crippen molar-refractivity contribution < 1.29 is 9.53 Å². The molecule has 0 atom stereocenters. The van der Waals surface area contributed by atoms with E-state index in [1.807, 2.05) is 31.1 Å². The van der Waals surface area contributed by atoms with Crippen molar-refractivity contribution in [3.63, 3.8) is 0 Å². The van der Waals surface area contributed by atoms with E-state index in [4.69, 9.17) is 40.2 Å². The number of para-hydroxylation sites is 1. The van der Waals surface area contributed by atoms with Gasteiger partial charge in [-0.1, -0.05) is 71.4 Å². The van der Waals surface area contributed by atoms with Gasteiger partial charge in [-0.25, -0.2) is 4.79 Å². The quantitative estimate of drug-likeness (QED) is 0.395. The zero-order chi connectivity index (χ0) is 17.7. The van der Waals surface area contributed by atoms with Crippen LogP contribution in [0.2, 0.25) is 10.0 Å². The van der Waals surface area contributed by atoms with Gasteiger partial charge in [-0.2, -0.15) is 0 Å². The minimum Gasteiger partial charge on any atom is -0.420 e. The molecule has 3 nitrogen and oxygen atoms in total. The highest BCUT2D eigenvalue weighted by atomic mass is 35.5. The molecule has 24 heavy (non-hydrogen) atoms. The molecule has 0 heterocycles. The van der Waals surface area contributed by atoms with Crippen LogP contribution in [0.5, 0.6) is 5.75 Å². The monoisotopic (exact) mass is 399 g/mol. The lowest BCUT2D eigenvalue weighted by Gasteiger charge is -2.14. The molecule has 2 aromatic rings. The first-order valence-corrected chi connectivity index (χ1v) is 9.13. The second kappa shape index (κ2) is 8.72. The predicted molar refractivity (Wildman–Crippen MR) is 105 cm³/mol. The van der Waals surface area contributed by atoms with Gasteiger partial charge in [0.25, 0.3) is 0 Å². The van der Waals surface area contributed by atoms with Gasteiger partial charge in [0.2, 0.25) is 0 Å². The summed E-state index contributed by atoms with van der Waals surface area (Å²) >= 11 is 18.8. The third-order valence-corrected chi connectivity index (χ3v) is 5.45. The molecule has 2 aromatic carbocycles. The molecule has 0 N–H and O–H groups in total. The summed E-state index contributed by atoms with van der Waals surface area (Å²) in [5.41, 5.74) is 1.29. The van der Waals surface area contributed by atoms with Crippen LogP contribution in [0.1, 0.15) is 15.9 Å². The highest BCUT2D eigenvalue weighted by Gasteiger charge is 2.17. The summed E-state index contributed by atoms with van der Waals surface area (Å²) in [5, 5.41) is 0.577. The van der Waals surface area contributed by atoms with Crippen molar-refractivity contribution in [2.75, 3.05) is 14.1 Å². The van der Waals surface area contributed by atoms with Gasteiger partial charge >= 0.3 is 5.97 Å². The van der Waals surface area contributed by atoms with E-state index >= 15 is 0 Å². The largest absolute Gasteiger partial charge is 0.420 e. The van der Waals surface area contributed by atoms with Crippen molar-refractivity contribution in [1.29, 1.82) is 0 Å². The van der Waals surface area contributed by atoms with Gasteiger partial charge in [0.1, 0.15) is 4.32 Å². The van der Waals surface area contributed by atoms with Gasteiger partial charge in [-0.05, 0) is 23.8 Å². The Morgan fingerprint density at radius 2 is 1.75 bits per heavy atom. The Labute approximate surface area is 160 Å². The van der Waals surface area contributed by atoms with Crippen molar-refractivity contribution in [3.05, 3.63) is 63.6 Å². The molecule has 0 spiro atoms. The van der Waals surface area contributed by atoms with Gasteiger partial charge in [-0.15, -0.1) is 0 Å². The number of halogens is 2. The number of ether oxygens (including phenoxy) is 1. The van der Waals surface area contributed by atoms with E-state index in [9.17, 15) is 4.79 Å². The predicted octanol–water partition coefficient (Wildman–Crippen LogP) is 5.29. The number of hydrogen-bond donors (Lipinski definition) is 0. The Morgan fingerprint density at radius 3 is 2.38 bits per heavy atom. The van der Waals surface area contributed by atoms with Crippen LogP contribution in [0.25, 0.3) is 0 Å². The maximum absolute atomic E-state index is 12.5. The fourth-order valence-electron chi connectivity index (χ4n) is 1.84. The van der Waals surface area contributed by atoms with E-state index in [0.29, 0.717) is 11.3 Å². The number of rotatable bonds is 4. The Hall–Kier alpha value is -1.27. The molecule has 0 unspecified atom stereocenters. The molecule has 0 fully saturated rings. The van der Waals surface area contributed by atoms with Gasteiger partial charge < -0.3 is 9.64 Å². The van der Waals surface area contributed by atoms with Crippen molar-refractivity contribution in [2.24, 2.45) is 0 Å². The average Bonchev–Trinajstić information content (AvgIpc) is 2.56. The molecular weight excluding hydrogens is 385 g/mol. The summed E-state index contributed by atoms with van der Waals surface area (Å²) < 4.78 is 6.14. The lowest BCUT2D eigenvalue weighted by Crippen LogP contribution is -2.17. The van der Waals surface area contributed by atoms with Crippen LogP contribution in [0.15, 0.2) is 42.5 Å². The normalized spacial score (nSPS) is 10.3. The van der Waals surface area contributed by atoms with Crippen LogP contribution in [-0.2, 0) is 5.75 Å². The van der Waals surface area contributed by atoms with E-state index in [1.165, 1.54) is 11.8 Å². The third-order valence-electron chi connectivity index (χ3n) is 3.07. The Morgan fingerprint density at radius 1 is 1.12 bits per heavy atom. The summed E-state index contributed by atoms with van der Waals surface area (Å²) in [4.78, 5) is 14.4. The number of carbonyl (C=O) groups excluding carboxylic acids is 1. The first-order valence-electron chi connectivity index (χ1n) is 6.98. The van der Waals surface area contributed by atoms with Crippen molar-refractivity contribution in [2.45, 2.75) is 5.75 Å². The van der Waals surface area contributed by atoms with E-state index in [-0.39, 0.29) is 15.8 Å². The molecule has 2 rings (SSSR count). The summed E-state index contributed by atoms with van der Waals surface area (Å²) in [6.07, 6.45) is 0. The topological polar surface area (TPSA) is 29.5 Å². The van der Waals surface area contributed by atoms with Crippen LogP contribution < -0.4 is 4.74 Å². The lowest BCUT2D eigenvalue weighted by molar-refractivity contribution is 0.0734. The van der Waals surface area contributed by atoms with E-state index in [0.717, 1.165) is 9.88 Å². The Bertz CT molecular complexity index is 746. The summed E-state index contributed by atoms with van der Waals surface area (Å²) in [6, 6.07) is 12.2. The van der Waals surface area contributed by atoms with Gasteiger partial charge in [0, 0.05) is 19.8 Å². The molecule has 7 heteroatoms. The van der Waals surface area contributed by atoms with Gasteiger partial charge in [0.05, 0.1) is 15.6 Å². The van der Waals surface area contributed by atoms with Crippen molar-refractivity contribution in [3.8, 4) is 5.75 Å². The standard InChI is InChI=1S/C17H15Cl2NO2S2/c1-20(2)17(23)24-10-11-6-3-4-7-12(11)16(21)22-15-13(18)8-5-9-14(15)19/h3-9H,10H2,1-2H3. The maximum atomic E-state index is 12.5. The average molecular weight is 400 g/mol. The number of benzene rings is 2. The molecule has 0 radical (unpaired) electrons. The summed E-state index contributed by atoms with van der Waals surface area (Å²) in [6.45, 7) is 0. The number of hydrogen-bond acceptors (Lipinski definition) is 4. The van der Waals surface area contributed by atoms with E-state index < -0.39 is 5.97 Å². The summed E-state index contributed by atoms with van der Waals surface area (Å²) in [7, 11) is 3.77. The number of esters is 1. The number of thioether (sulfide) groups is 1. The third kappa shape index (κ3) is 4.86. The maximum Gasteiger partial charge on any atom is 0.343 e. The molecule has 0 amide bonds. The zero-order valence-electron chi connectivity index (χ0n) is 13.1. The molecule has 0 bridgehead atoms. The fourth-order valence-corrected chi connectivity index (χ4v) is 3.28. The smallest absolute Gasteiger partial charge is 0.343 e. The minimum atomic E-state index is -0.503. The Balaban J connectivity index is 2.19. The first kappa shape index (κ1) is 19.1. The molecule has 0 aliphatic carbocycles. The summed E-state index contributed by atoms with van der Waals surface area (Å²) in [5.74, 6) is 0.229. The molecule has 126 valence electrons. The molecular formula is C17H15Cl2NO2S2. The van der Waals surface area contributed by atoms with Gasteiger partial charge in [0.15, 0.2) is 5.75 Å². The lowest BCUT2D eigenvalue weighted by atomic mass is 10.1. The van der Waals surface area contributed by atoms with E-state index in [1.54, 1.807) is 30.3 Å². The van der Waals surface area contributed by atoms with E-state index in [2.05, 4.69) is 0 Å². The van der Waals surface area contributed by atoms with Crippen molar-refractivity contribution >= 4 is 57.5 Å². The molecule has 0 aliphatic rings. The highest BCUT2D eigenvalue weighted by Crippen LogP contribution is 2.33. The van der Waals surface area contributed by atoms with Crippen LogP contribution >= 0.6 is 47.2 Å². The van der Waals surface area contributed by atoms with Crippen LogP contribution in [0.4, 0.5) is 0 Å². The molecule has 0 saturated carbocycles. The van der Waals surface area contributed by atoms with Crippen LogP contribution in [-0.4, -0.2) is 29.3 Å². The zero-order valence-corrected chi connectivity index (χ0v) is 16.2. The number of carbonyl (C=O) groups is 1. The van der Waals surface area contributed by atoms with Crippen LogP contribution in [0, 0.1) is 0 Å². The SMILES string of the molecule is CN(C)C(=S)SCc1ccccc1C(=O)Oc1c(Cl)cccc1Cl. The fraction of sp³-hybridized carbons (Fsp3) is 0.176. The first-order chi connectivity index (χ1) is 11.4. The number of nitrogens with zero attached hydrogens (tertiary/aromatic N) is 1. The van der Waals surface area contributed by atoms with Crippen molar-refractivity contribution in [1.82, 2.24) is 4.90 Å². The molecule has 0 aliphatic heterocycles. The van der Waals surface area contributed by atoms with Gasteiger partial charge in [-0.3, -0.25) is 0 Å². The second-order valence-electron chi connectivity index (χ2n) is 5.05. The second-order valence-corrected chi connectivity index (χ2v) is 7.47. The molecule has 0 aromatic heterocycles. The highest BCUT2D eigenvalue weighted by molar-refractivity contribution is 8.22. The molecule has 0 saturated heterocycles. The van der Waals surface area contributed by atoms with Crippen LogP contribution in [0.3, 0.4) is 0 Å². The minimum absolute atomic E-state index is 0.164. The number of thiocarbonyl (C=S) groups is 1. The Kier molecular flexibility index (Phi) is 6.92.